The van der Waals surface area contributed by atoms with E-state index in [9.17, 15) is 9.59 Å². The van der Waals surface area contributed by atoms with Gasteiger partial charge in [-0.25, -0.2) is 14.8 Å². The Morgan fingerprint density at radius 3 is 2.54 bits per heavy atom. The fraction of sp³-hybridized carbons (Fsp3) is 0.440. The zero-order valence-electron chi connectivity index (χ0n) is 20.9. The van der Waals surface area contributed by atoms with Crippen LogP contribution < -0.4 is 10.6 Å². The van der Waals surface area contributed by atoms with Gasteiger partial charge in [0, 0.05) is 17.5 Å². The monoisotopic (exact) mass is 516 g/mol. The highest BCUT2D eigenvalue weighted by atomic mass is 32.2. The fourth-order valence-corrected chi connectivity index (χ4v) is 4.65. The second kappa shape index (κ2) is 11.3. The average Bonchev–Trinajstić information content (AvgIpc) is 3.39. The smallest absolute Gasteiger partial charge is 0.412 e. The number of carbonyl (C=O) groups is 2. The molecule has 1 aromatic carbocycles. The number of carbonyl (C=O) groups excluding carboxylic acids is 2. The summed E-state index contributed by atoms with van der Waals surface area (Å²) < 4.78 is 12.1. The second-order valence-electron chi connectivity index (χ2n) is 10.0. The Labute approximate surface area is 214 Å². The Balaban J connectivity index is 1.45. The van der Waals surface area contributed by atoms with Crippen LogP contribution in [0.1, 0.15) is 65.2 Å². The van der Waals surface area contributed by atoms with E-state index in [1.807, 2.05) is 39.0 Å². The van der Waals surface area contributed by atoms with Crippen molar-refractivity contribution in [2.24, 2.45) is 0 Å². The molecule has 188 valence electrons. The van der Waals surface area contributed by atoms with Gasteiger partial charge in [0.1, 0.15) is 11.4 Å². The minimum Gasteiger partial charge on any atom is -0.444 e. The number of aromatic nitrogens is 2. The standard InChI is InChI=1S/C25H32N4O4S2/c1-24(2,3)18-13-26-20(32-18)15-34-21-14-27-22(35-21)29-19(30)11-10-16-8-7-9-17(12-16)28-23(31)33-25(4,5)6/h7-9,12-14H,10-11,15H2,1-6H3,(H,28,31)(H,27,29,30). The second-order valence-corrected chi connectivity index (χ2v) is 12.3. The van der Waals surface area contributed by atoms with Gasteiger partial charge >= 0.3 is 6.09 Å². The summed E-state index contributed by atoms with van der Waals surface area (Å²) in [6.45, 7) is 11.7. The van der Waals surface area contributed by atoms with Crippen molar-refractivity contribution in [3.63, 3.8) is 0 Å². The van der Waals surface area contributed by atoms with Crippen molar-refractivity contribution in [2.45, 2.75) is 75.4 Å². The quantitative estimate of drug-likeness (QED) is 0.323. The number of thiazole rings is 1. The Kier molecular flexibility index (Phi) is 8.60. The van der Waals surface area contributed by atoms with Crippen molar-refractivity contribution in [3.8, 4) is 0 Å². The van der Waals surface area contributed by atoms with Crippen LogP contribution in [0.15, 0.2) is 45.3 Å². The van der Waals surface area contributed by atoms with Gasteiger partial charge in [0.05, 0.1) is 22.4 Å². The molecule has 10 heteroatoms. The number of ether oxygens (including phenoxy) is 1. The fourth-order valence-electron chi connectivity index (χ4n) is 2.91. The lowest BCUT2D eigenvalue weighted by Gasteiger charge is -2.19. The molecule has 2 amide bonds. The predicted octanol–water partition coefficient (Wildman–Crippen LogP) is 6.64. The van der Waals surface area contributed by atoms with Gasteiger partial charge in [-0.1, -0.05) is 44.2 Å². The van der Waals surface area contributed by atoms with E-state index in [2.05, 4.69) is 41.4 Å². The Morgan fingerprint density at radius 2 is 1.86 bits per heavy atom. The normalized spacial score (nSPS) is 11.8. The van der Waals surface area contributed by atoms with Crippen LogP contribution in [0.25, 0.3) is 0 Å². The summed E-state index contributed by atoms with van der Waals surface area (Å²) in [6, 6.07) is 7.37. The molecule has 0 bridgehead atoms. The lowest BCUT2D eigenvalue weighted by atomic mass is 9.94. The van der Waals surface area contributed by atoms with E-state index in [0.717, 1.165) is 15.5 Å². The molecule has 0 saturated heterocycles. The molecule has 0 unspecified atom stereocenters. The molecule has 2 aromatic heterocycles. The largest absolute Gasteiger partial charge is 0.444 e. The summed E-state index contributed by atoms with van der Waals surface area (Å²) >= 11 is 2.99. The van der Waals surface area contributed by atoms with Crippen LogP contribution in [-0.4, -0.2) is 27.6 Å². The van der Waals surface area contributed by atoms with Crippen molar-refractivity contribution in [1.29, 1.82) is 0 Å². The average molecular weight is 517 g/mol. The van der Waals surface area contributed by atoms with E-state index in [0.29, 0.717) is 35.3 Å². The van der Waals surface area contributed by atoms with Crippen LogP contribution in [0.3, 0.4) is 0 Å². The number of hydrogen-bond acceptors (Lipinski definition) is 8. The molecule has 0 aliphatic heterocycles. The molecule has 0 spiro atoms. The van der Waals surface area contributed by atoms with Crippen molar-refractivity contribution in [1.82, 2.24) is 9.97 Å². The molecule has 0 atom stereocenters. The van der Waals surface area contributed by atoms with Crippen LogP contribution >= 0.6 is 23.1 Å². The zero-order valence-corrected chi connectivity index (χ0v) is 22.6. The molecule has 35 heavy (non-hydrogen) atoms. The highest BCUT2D eigenvalue weighted by molar-refractivity contribution is 8.00. The van der Waals surface area contributed by atoms with E-state index in [1.54, 1.807) is 30.2 Å². The summed E-state index contributed by atoms with van der Waals surface area (Å²) in [4.78, 5) is 33.0. The maximum absolute atomic E-state index is 12.4. The molecule has 0 aliphatic rings. The maximum Gasteiger partial charge on any atom is 0.412 e. The first-order valence-electron chi connectivity index (χ1n) is 11.3. The molecule has 8 nitrogen and oxygen atoms in total. The molecule has 0 aliphatic carbocycles. The number of rotatable bonds is 8. The van der Waals surface area contributed by atoms with Gasteiger partial charge in [0.2, 0.25) is 11.8 Å². The van der Waals surface area contributed by atoms with E-state index in [1.165, 1.54) is 11.3 Å². The van der Waals surface area contributed by atoms with Gasteiger partial charge in [-0.05, 0) is 44.9 Å². The van der Waals surface area contributed by atoms with Gasteiger partial charge in [-0.15, -0.1) is 11.8 Å². The van der Waals surface area contributed by atoms with Crippen LogP contribution in [-0.2, 0) is 27.1 Å². The first kappa shape index (κ1) is 26.7. The molecule has 2 heterocycles. The predicted molar refractivity (Wildman–Crippen MR) is 140 cm³/mol. The number of hydrogen-bond donors (Lipinski definition) is 2. The molecular formula is C25H32N4O4S2. The molecule has 0 fully saturated rings. The summed E-state index contributed by atoms with van der Waals surface area (Å²) in [6.07, 6.45) is 3.83. The third kappa shape index (κ3) is 9.03. The van der Waals surface area contributed by atoms with Gasteiger partial charge in [-0.2, -0.15) is 0 Å². The van der Waals surface area contributed by atoms with Crippen LogP contribution in [0.5, 0.6) is 0 Å². The van der Waals surface area contributed by atoms with Gasteiger partial charge in [-0.3, -0.25) is 10.1 Å². The number of oxazole rings is 1. The number of thioether (sulfide) groups is 1. The highest BCUT2D eigenvalue weighted by Gasteiger charge is 2.19. The number of aryl methyl sites for hydroxylation is 1. The SMILES string of the molecule is CC(C)(C)OC(=O)Nc1cccc(CCC(=O)Nc2ncc(SCc3ncc(C(C)(C)C)o3)s2)c1. The summed E-state index contributed by atoms with van der Waals surface area (Å²) in [7, 11) is 0. The number of nitrogens with zero attached hydrogens (tertiary/aromatic N) is 2. The molecule has 3 aromatic rings. The van der Waals surface area contributed by atoms with Crippen LogP contribution in [0.4, 0.5) is 15.6 Å². The molecule has 0 saturated carbocycles. The van der Waals surface area contributed by atoms with Crippen LogP contribution in [0, 0.1) is 0 Å². The number of benzene rings is 1. The first-order chi connectivity index (χ1) is 16.4. The first-order valence-corrected chi connectivity index (χ1v) is 13.1. The number of nitrogens with one attached hydrogen (secondary N) is 2. The van der Waals surface area contributed by atoms with E-state index >= 15 is 0 Å². The lowest BCUT2D eigenvalue weighted by Crippen LogP contribution is -2.27. The molecule has 2 N–H and O–H groups in total. The van der Waals surface area contributed by atoms with Gasteiger partial charge < -0.3 is 14.5 Å². The Bertz CT molecular complexity index is 1160. The van der Waals surface area contributed by atoms with Gasteiger partial charge in [0.25, 0.3) is 0 Å². The summed E-state index contributed by atoms with van der Waals surface area (Å²) in [5, 5.41) is 6.13. The third-order valence-corrected chi connectivity index (χ3v) is 6.67. The zero-order chi connectivity index (χ0) is 25.6. The molecule has 3 rings (SSSR count). The maximum atomic E-state index is 12.4. The van der Waals surface area contributed by atoms with Crippen molar-refractivity contribution in [3.05, 3.63) is 53.9 Å². The minimum atomic E-state index is -0.570. The Hall–Kier alpha value is -2.85. The summed E-state index contributed by atoms with van der Waals surface area (Å²) in [5.41, 5.74) is 0.914. The lowest BCUT2D eigenvalue weighted by molar-refractivity contribution is -0.116. The highest BCUT2D eigenvalue weighted by Crippen LogP contribution is 2.32. The van der Waals surface area contributed by atoms with Crippen molar-refractivity contribution < 1.29 is 18.7 Å². The van der Waals surface area contributed by atoms with E-state index in [-0.39, 0.29) is 11.3 Å². The Morgan fingerprint density at radius 1 is 1.09 bits per heavy atom. The topological polar surface area (TPSA) is 106 Å². The van der Waals surface area contributed by atoms with Crippen molar-refractivity contribution >= 4 is 45.9 Å². The third-order valence-electron chi connectivity index (χ3n) is 4.57. The molecular weight excluding hydrogens is 484 g/mol. The van der Waals surface area contributed by atoms with Crippen LogP contribution in [0.2, 0.25) is 0 Å². The summed E-state index contributed by atoms with van der Waals surface area (Å²) in [5.74, 6) is 2.00. The molecule has 0 radical (unpaired) electrons. The van der Waals surface area contributed by atoms with Crippen molar-refractivity contribution in [2.75, 3.05) is 10.6 Å². The minimum absolute atomic E-state index is 0.0756. The number of anilines is 2. The van der Waals surface area contributed by atoms with E-state index in [4.69, 9.17) is 9.15 Å². The van der Waals surface area contributed by atoms with Gasteiger partial charge in [0.15, 0.2) is 5.13 Å². The number of amides is 2. The van der Waals surface area contributed by atoms with E-state index < -0.39 is 11.7 Å².